The fourth-order valence-corrected chi connectivity index (χ4v) is 4.07. The Balaban J connectivity index is 2.10. The lowest BCUT2D eigenvalue weighted by atomic mass is 10.1. The zero-order chi connectivity index (χ0) is 21.0. The number of hydrogen-bond donors (Lipinski definition) is 0. The molecule has 2 aromatic carbocycles. The second-order valence-electron chi connectivity index (χ2n) is 6.11. The fraction of sp³-hybridized carbons (Fsp3) is 0.150. The first-order chi connectivity index (χ1) is 13.9. The highest BCUT2D eigenvalue weighted by molar-refractivity contribution is 7.92. The van der Waals surface area contributed by atoms with Crippen LogP contribution in [-0.4, -0.2) is 25.5 Å². The summed E-state index contributed by atoms with van der Waals surface area (Å²) in [5.41, 5.74) is 1.17. The van der Waals surface area contributed by atoms with Gasteiger partial charge in [0, 0.05) is 12.4 Å². The van der Waals surface area contributed by atoms with Crippen LogP contribution in [0.5, 0.6) is 5.75 Å². The number of benzene rings is 2. The van der Waals surface area contributed by atoms with Crippen molar-refractivity contribution in [3.63, 3.8) is 0 Å². The lowest BCUT2D eigenvalue weighted by Crippen LogP contribution is -2.32. The second kappa shape index (κ2) is 8.24. The molecule has 0 aliphatic heterocycles. The summed E-state index contributed by atoms with van der Waals surface area (Å²) in [7, 11) is -2.63. The Labute approximate surface area is 168 Å². The van der Waals surface area contributed by atoms with Gasteiger partial charge in [0.05, 0.1) is 24.1 Å². The van der Waals surface area contributed by atoms with Crippen molar-refractivity contribution in [2.24, 2.45) is 0 Å². The van der Waals surface area contributed by atoms with E-state index >= 15 is 0 Å². The molecule has 0 aliphatic carbocycles. The van der Waals surface area contributed by atoms with Crippen LogP contribution in [0.25, 0.3) is 0 Å². The summed E-state index contributed by atoms with van der Waals surface area (Å²) in [6.45, 7) is 1.78. The molecule has 9 heteroatoms. The van der Waals surface area contributed by atoms with Crippen molar-refractivity contribution in [1.82, 2.24) is 9.97 Å². The predicted molar refractivity (Wildman–Crippen MR) is 104 cm³/mol. The Kier molecular flexibility index (Phi) is 5.75. The van der Waals surface area contributed by atoms with Crippen molar-refractivity contribution in [2.75, 3.05) is 11.4 Å². The van der Waals surface area contributed by atoms with E-state index in [-0.39, 0.29) is 23.0 Å². The smallest absolute Gasteiger partial charge is 0.267 e. The number of anilines is 1. The summed E-state index contributed by atoms with van der Waals surface area (Å²) in [5, 5.41) is 9.05. The maximum Gasteiger partial charge on any atom is 0.267 e. The number of aryl methyl sites for hydroxylation is 1. The zero-order valence-electron chi connectivity index (χ0n) is 15.7. The topological polar surface area (TPSA) is 96.2 Å². The van der Waals surface area contributed by atoms with E-state index in [1.165, 1.54) is 12.4 Å². The second-order valence-corrected chi connectivity index (χ2v) is 7.97. The minimum Gasteiger partial charge on any atom is -0.497 e. The van der Waals surface area contributed by atoms with E-state index in [0.717, 1.165) is 28.1 Å². The third-order valence-corrected chi connectivity index (χ3v) is 6.01. The molecule has 148 valence electrons. The van der Waals surface area contributed by atoms with Gasteiger partial charge in [-0.1, -0.05) is 6.07 Å². The first kappa shape index (κ1) is 20.2. The van der Waals surface area contributed by atoms with Crippen LogP contribution in [-0.2, 0) is 16.6 Å². The van der Waals surface area contributed by atoms with Crippen LogP contribution >= 0.6 is 0 Å². The molecule has 1 aromatic heterocycles. The number of halogens is 1. The van der Waals surface area contributed by atoms with E-state index in [2.05, 4.69) is 9.97 Å². The molecular formula is C20H17FN4O3S. The molecule has 0 saturated heterocycles. The van der Waals surface area contributed by atoms with Gasteiger partial charge in [0.15, 0.2) is 0 Å². The summed E-state index contributed by atoms with van der Waals surface area (Å²) >= 11 is 0. The van der Waals surface area contributed by atoms with E-state index in [1.54, 1.807) is 37.4 Å². The Bertz CT molecular complexity index is 1180. The fourth-order valence-electron chi connectivity index (χ4n) is 2.69. The quantitative estimate of drug-likeness (QED) is 0.617. The van der Waals surface area contributed by atoms with E-state index in [9.17, 15) is 12.8 Å². The minimum atomic E-state index is -4.17. The number of ether oxygens (including phenoxy) is 1. The van der Waals surface area contributed by atoms with E-state index in [4.69, 9.17) is 10.00 Å². The van der Waals surface area contributed by atoms with Crippen LogP contribution in [0.1, 0.15) is 16.7 Å². The van der Waals surface area contributed by atoms with Gasteiger partial charge in [0.25, 0.3) is 10.0 Å². The average Bonchev–Trinajstić information content (AvgIpc) is 2.73. The molecule has 0 fully saturated rings. The summed E-state index contributed by atoms with van der Waals surface area (Å²) in [6, 6.07) is 11.6. The highest BCUT2D eigenvalue weighted by Crippen LogP contribution is 2.26. The normalized spacial score (nSPS) is 11.0. The van der Waals surface area contributed by atoms with E-state index < -0.39 is 15.8 Å². The van der Waals surface area contributed by atoms with Crippen LogP contribution in [0.15, 0.2) is 59.8 Å². The minimum absolute atomic E-state index is 0.0365. The number of sulfonamides is 1. The molecule has 1 heterocycles. The summed E-state index contributed by atoms with van der Waals surface area (Å²) in [4.78, 5) is 7.90. The Morgan fingerprint density at radius 1 is 1.17 bits per heavy atom. The van der Waals surface area contributed by atoms with Crippen LogP contribution in [0, 0.1) is 24.1 Å². The summed E-state index contributed by atoms with van der Waals surface area (Å²) in [5.74, 6) is -0.181. The van der Waals surface area contributed by atoms with Gasteiger partial charge in [-0.05, 0) is 54.4 Å². The number of aromatic nitrogens is 2. The predicted octanol–water partition coefficient (Wildman–Crippen LogP) is 3.20. The van der Waals surface area contributed by atoms with Gasteiger partial charge in [-0.15, -0.1) is 0 Å². The average molecular weight is 412 g/mol. The van der Waals surface area contributed by atoms with Gasteiger partial charge in [-0.3, -0.25) is 0 Å². The molecule has 3 aromatic rings. The number of nitrogens with zero attached hydrogens (tertiary/aromatic N) is 4. The van der Waals surface area contributed by atoms with Crippen molar-refractivity contribution in [3.05, 3.63) is 77.4 Å². The Hall–Kier alpha value is -3.51. The molecule has 0 radical (unpaired) electrons. The van der Waals surface area contributed by atoms with Gasteiger partial charge in [0.2, 0.25) is 5.95 Å². The van der Waals surface area contributed by atoms with Crippen molar-refractivity contribution in [1.29, 1.82) is 5.26 Å². The van der Waals surface area contributed by atoms with Crippen molar-refractivity contribution < 1.29 is 17.5 Å². The molecule has 0 saturated carbocycles. The van der Waals surface area contributed by atoms with Crippen molar-refractivity contribution >= 4 is 16.0 Å². The summed E-state index contributed by atoms with van der Waals surface area (Å²) < 4.78 is 46.6. The zero-order valence-corrected chi connectivity index (χ0v) is 16.5. The molecule has 0 spiro atoms. The molecule has 7 nitrogen and oxygen atoms in total. The number of rotatable bonds is 6. The molecular weight excluding hydrogens is 395 g/mol. The van der Waals surface area contributed by atoms with Crippen molar-refractivity contribution in [3.8, 4) is 11.8 Å². The largest absolute Gasteiger partial charge is 0.497 e. The molecule has 0 N–H and O–H groups in total. The standard InChI is InChI=1S/C20H17FN4O3S/c1-14-10-17(28-2)5-4-15(14)13-25(20-23-8-3-9-24-20)29(26,27)18-6-7-19(21)16(11-18)12-22/h3-11H,13H2,1-2H3. The Morgan fingerprint density at radius 3 is 2.52 bits per heavy atom. The number of hydrogen-bond acceptors (Lipinski definition) is 6. The third-order valence-electron chi connectivity index (χ3n) is 4.29. The number of nitriles is 1. The SMILES string of the molecule is COc1ccc(CN(c2ncccn2)S(=O)(=O)c2ccc(F)c(C#N)c2)c(C)c1. The van der Waals surface area contributed by atoms with Gasteiger partial charge in [-0.2, -0.15) is 5.26 Å². The van der Waals surface area contributed by atoms with Crippen molar-refractivity contribution in [2.45, 2.75) is 18.4 Å². The molecule has 3 rings (SSSR count). The molecule has 0 amide bonds. The monoisotopic (exact) mass is 412 g/mol. The first-order valence-corrected chi connectivity index (χ1v) is 9.93. The third kappa shape index (κ3) is 4.17. The molecule has 0 atom stereocenters. The highest BCUT2D eigenvalue weighted by atomic mass is 32.2. The molecule has 0 unspecified atom stereocenters. The highest BCUT2D eigenvalue weighted by Gasteiger charge is 2.28. The molecule has 0 aliphatic rings. The number of methoxy groups -OCH3 is 1. The van der Waals surface area contributed by atoms with Crippen LogP contribution < -0.4 is 9.04 Å². The molecule has 0 bridgehead atoms. The molecule has 29 heavy (non-hydrogen) atoms. The van der Waals surface area contributed by atoms with Gasteiger partial charge in [-0.25, -0.2) is 27.1 Å². The lowest BCUT2D eigenvalue weighted by molar-refractivity contribution is 0.414. The lowest BCUT2D eigenvalue weighted by Gasteiger charge is -2.23. The van der Waals surface area contributed by atoms with E-state index in [1.807, 2.05) is 6.92 Å². The van der Waals surface area contributed by atoms with Crippen LogP contribution in [0.3, 0.4) is 0 Å². The maximum atomic E-state index is 13.7. The van der Waals surface area contributed by atoms with Gasteiger partial charge >= 0.3 is 0 Å². The van der Waals surface area contributed by atoms with Gasteiger partial charge < -0.3 is 4.74 Å². The van der Waals surface area contributed by atoms with Crippen LogP contribution in [0.4, 0.5) is 10.3 Å². The Morgan fingerprint density at radius 2 is 1.90 bits per heavy atom. The maximum absolute atomic E-state index is 13.7. The van der Waals surface area contributed by atoms with Crippen LogP contribution in [0.2, 0.25) is 0 Å². The summed E-state index contributed by atoms with van der Waals surface area (Å²) in [6.07, 6.45) is 2.86. The first-order valence-electron chi connectivity index (χ1n) is 8.49. The van der Waals surface area contributed by atoms with Gasteiger partial charge in [0.1, 0.15) is 17.6 Å². The van der Waals surface area contributed by atoms with E-state index in [0.29, 0.717) is 11.3 Å².